The molecule has 78 heavy (non-hydrogen) atoms. The van der Waals surface area contributed by atoms with Crippen molar-refractivity contribution in [3.8, 4) is 0 Å². The third-order valence-electron chi connectivity index (χ3n) is 21.5. The number of carboxylic acid groups (broad SMARTS) is 1. The zero-order valence-corrected chi connectivity index (χ0v) is 45.5. The molecule has 4 heterocycles. The molecule has 0 aromatic carbocycles. The number of carboxylic acids is 1. The van der Waals surface area contributed by atoms with Gasteiger partial charge >= 0.3 is 11.9 Å². The fourth-order valence-corrected chi connectivity index (χ4v) is 16.4. The number of rotatable bonds is 12. The molecule has 29 atom stereocenters. The number of aliphatic carboxylic acids is 1. The highest BCUT2D eigenvalue weighted by atomic mass is 16.8. The zero-order chi connectivity index (χ0) is 57.1. The maximum Gasteiger partial charge on any atom is 0.335 e. The minimum Gasteiger partial charge on any atom is -0.479 e. The summed E-state index contributed by atoms with van der Waals surface area (Å²) in [6.45, 7) is 12.9. The molecule has 0 bridgehead atoms. The van der Waals surface area contributed by atoms with Crippen LogP contribution in [0.15, 0.2) is 11.6 Å². The Bertz CT molecular complexity index is 2200. The van der Waals surface area contributed by atoms with Crippen LogP contribution in [0.2, 0.25) is 0 Å². The summed E-state index contributed by atoms with van der Waals surface area (Å²) in [6.07, 6.45) is -26.0. The average molecular weight is 1120 g/mol. The highest BCUT2D eigenvalue weighted by Gasteiger charge is 2.71. The predicted molar refractivity (Wildman–Crippen MR) is 263 cm³/mol. The van der Waals surface area contributed by atoms with Crippen LogP contribution in [-0.2, 0) is 47.5 Å². The maximum absolute atomic E-state index is 15.1. The average Bonchev–Trinajstić information content (AvgIpc) is 2.46. The van der Waals surface area contributed by atoms with Crippen LogP contribution in [0.25, 0.3) is 0 Å². The van der Waals surface area contributed by atoms with Gasteiger partial charge in [-0.3, -0.25) is 4.79 Å². The molecule has 0 radical (unpaired) electrons. The molecule has 8 fully saturated rings. The van der Waals surface area contributed by atoms with E-state index in [4.69, 9.17) is 37.9 Å². The number of carbonyl (C=O) groups excluding carboxylic acids is 1. The van der Waals surface area contributed by atoms with Crippen LogP contribution in [0.5, 0.6) is 0 Å². The molecule has 29 unspecified atom stereocenters. The number of fused-ring (bicyclic) bond motifs is 7. The number of esters is 1. The second kappa shape index (κ2) is 21.8. The first-order chi connectivity index (χ1) is 36.4. The van der Waals surface area contributed by atoms with E-state index in [1.54, 1.807) is 0 Å². The number of carbonyl (C=O) groups is 2. The lowest BCUT2D eigenvalue weighted by Gasteiger charge is -2.71. The van der Waals surface area contributed by atoms with Crippen molar-refractivity contribution in [2.45, 2.75) is 242 Å². The molecule has 446 valence electrons. The van der Waals surface area contributed by atoms with Gasteiger partial charge in [-0.25, -0.2) is 4.79 Å². The van der Waals surface area contributed by atoms with Crippen molar-refractivity contribution >= 4 is 11.9 Å². The van der Waals surface area contributed by atoms with Gasteiger partial charge in [0.2, 0.25) is 6.29 Å². The fraction of sp³-hybridized carbons (Fsp3) is 0.926. The van der Waals surface area contributed by atoms with E-state index in [9.17, 15) is 76.3 Å². The number of aliphatic hydroxyl groups is 13. The SMILES string of the molecule is CC1OC(OC2C(CO)OC(OCC3OC(OC(=O)C45CCC(C)(C)CC4C4=CCC6C7(C)CCC(OC8OC(C(=O)O)C(O)C(O)C8O)C(C)(CO)C7CCC6(C)C4(C)CC5)C(O)C(O)C3O)C(O)C2O)C(O)C(O)C1O. The van der Waals surface area contributed by atoms with Gasteiger partial charge in [0.1, 0.15) is 85.5 Å². The van der Waals surface area contributed by atoms with E-state index < -0.39 is 170 Å². The summed E-state index contributed by atoms with van der Waals surface area (Å²) in [7, 11) is 0. The quantitative estimate of drug-likeness (QED) is 0.0574. The van der Waals surface area contributed by atoms with Gasteiger partial charge in [0.25, 0.3) is 0 Å². The topological polar surface area (TPSA) is 391 Å². The zero-order valence-electron chi connectivity index (χ0n) is 45.5. The molecule has 0 spiro atoms. The summed E-state index contributed by atoms with van der Waals surface area (Å²) >= 11 is 0. The summed E-state index contributed by atoms with van der Waals surface area (Å²) < 4.78 is 46.7. The lowest BCUT2D eigenvalue weighted by molar-refractivity contribution is -0.361. The largest absolute Gasteiger partial charge is 0.479 e. The Balaban J connectivity index is 0.900. The van der Waals surface area contributed by atoms with Crippen LogP contribution in [0.3, 0.4) is 0 Å². The molecule has 24 nitrogen and oxygen atoms in total. The Hall–Kier alpha value is -2.12. The van der Waals surface area contributed by atoms with E-state index in [0.717, 1.165) is 6.42 Å². The Morgan fingerprint density at radius 3 is 1.87 bits per heavy atom. The van der Waals surface area contributed by atoms with Crippen molar-refractivity contribution in [3.63, 3.8) is 0 Å². The monoisotopic (exact) mass is 1120 g/mol. The van der Waals surface area contributed by atoms with Crippen LogP contribution in [-0.4, -0.2) is 232 Å². The van der Waals surface area contributed by atoms with E-state index in [-0.39, 0.29) is 40.6 Å². The Kier molecular flexibility index (Phi) is 16.9. The van der Waals surface area contributed by atoms with Gasteiger partial charge < -0.3 is 109 Å². The second-order valence-corrected chi connectivity index (χ2v) is 26.2. The Morgan fingerprint density at radius 1 is 0.615 bits per heavy atom. The van der Waals surface area contributed by atoms with Crippen LogP contribution >= 0.6 is 0 Å². The summed E-state index contributed by atoms with van der Waals surface area (Å²) in [6, 6.07) is 0. The first-order valence-corrected chi connectivity index (χ1v) is 27.8. The van der Waals surface area contributed by atoms with Gasteiger partial charge in [0.15, 0.2) is 25.0 Å². The third kappa shape index (κ3) is 9.72. The van der Waals surface area contributed by atoms with Crippen molar-refractivity contribution < 1.29 is 119 Å². The van der Waals surface area contributed by atoms with Crippen LogP contribution < -0.4 is 0 Å². The minimum absolute atomic E-state index is 0.0975. The highest BCUT2D eigenvalue weighted by molar-refractivity contribution is 5.79. The number of aliphatic hydroxyl groups excluding tert-OH is 13. The normalized spacial score (nSPS) is 54.1. The molecule has 5 aliphatic carbocycles. The molecule has 0 aromatic heterocycles. The molecule has 9 rings (SSSR count). The molecule has 9 aliphatic rings. The van der Waals surface area contributed by atoms with E-state index in [2.05, 4.69) is 40.7 Å². The van der Waals surface area contributed by atoms with Gasteiger partial charge in [-0.1, -0.05) is 53.2 Å². The molecule has 0 aromatic rings. The van der Waals surface area contributed by atoms with Gasteiger partial charge in [0, 0.05) is 5.41 Å². The first kappa shape index (κ1) is 60.5. The second-order valence-electron chi connectivity index (χ2n) is 26.2. The van der Waals surface area contributed by atoms with Crippen molar-refractivity contribution in [3.05, 3.63) is 11.6 Å². The lowest BCUT2D eigenvalue weighted by atomic mass is 9.33. The summed E-state index contributed by atoms with van der Waals surface area (Å²) in [5.74, 6) is -2.43. The molecule has 4 aliphatic heterocycles. The number of ether oxygens (including phenoxy) is 8. The van der Waals surface area contributed by atoms with Gasteiger partial charge in [-0.15, -0.1) is 0 Å². The van der Waals surface area contributed by atoms with Crippen molar-refractivity contribution in [2.75, 3.05) is 19.8 Å². The predicted octanol–water partition coefficient (Wildman–Crippen LogP) is -1.94. The van der Waals surface area contributed by atoms with Gasteiger partial charge in [-0.2, -0.15) is 0 Å². The van der Waals surface area contributed by atoms with Crippen molar-refractivity contribution in [2.24, 2.45) is 50.2 Å². The van der Waals surface area contributed by atoms with Crippen LogP contribution in [0, 0.1) is 50.2 Å². The van der Waals surface area contributed by atoms with Gasteiger partial charge in [0.05, 0.1) is 37.4 Å². The third-order valence-corrected chi connectivity index (χ3v) is 21.5. The fourth-order valence-electron chi connectivity index (χ4n) is 16.4. The molecule has 0 amide bonds. The van der Waals surface area contributed by atoms with Crippen LogP contribution in [0.1, 0.15) is 113 Å². The molecule has 14 N–H and O–H groups in total. The number of hydrogen-bond donors (Lipinski definition) is 14. The molecule has 4 saturated carbocycles. The lowest BCUT2D eigenvalue weighted by Crippen LogP contribution is -2.67. The molecule has 4 saturated heterocycles. The van der Waals surface area contributed by atoms with Crippen molar-refractivity contribution in [1.29, 1.82) is 0 Å². The number of allylic oxidation sites excluding steroid dienone is 2. The van der Waals surface area contributed by atoms with E-state index in [1.165, 1.54) is 12.5 Å². The first-order valence-electron chi connectivity index (χ1n) is 27.8. The van der Waals surface area contributed by atoms with Crippen LogP contribution in [0.4, 0.5) is 0 Å². The van der Waals surface area contributed by atoms with Crippen molar-refractivity contribution in [1.82, 2.24) is 0 Å². The minimum atomic E-state index is -1.90. The Labute approximate surface area is 453 Å². The molecular weight excluding hydrogens is 1030 g/mol. The molecule has 24 heteroatoms. The summed E-state index contributed by atoms with van der Waals surface area (Å²) in [5.41, 5.74) is -2.01. The van der Waals surface area contributed by atoms with E-state index in [1.807, 2.05) is 6.92 Å². The molecular formula is C54H86O24. The Morgan fingerprint density at radius 2 is 1.22 bits per heavy atom. The smallest absolute Gasteiger partial charge is 0.335 e. The number of hydrogen-bond acceptors (Lipinski definition) is 23. The van der Waals surface area contributed by atoms with E-state index in [0.29, 0.717) is 57.8 Å². The standard InChI is InChI=1S/C54H86O24/c1-22-30(57)32(59)37(64)45(72-22)76-41-25(19-55)73-44(40(67)36(41)63)71-20-26-31(58)33(60)38(65)46(74-26)78-48(70)54-16-14-49(2,3)18-24(54)23-8-9-28-50(4)12-11-29(75-47-39(66)34(61)35(62)42(77-47)43(68)69)51(5,21-56)27(50)10-13-53(28,7)52(23,6)15-17-54/h8,22,24-42,44-47,55-67H,9-21H2,1-7H3,(H,68,69). The van der Waals surface area contributed by atoms with Gasteiger partial charge in [-0.05, 0) is 111 Å². The maximum atomic E-state index is 15.1. The highest BCUT2D eigenvalue weighted by Crippen LogP contribution is 2.76. The summed E-state index contributed by atoms with van der Waals surface area (Å²) in [5, 5.41) is 150. The van der Waals surface area contributed by atoms with E-state index >= 15 is 4.79 Å². The summed E-state index contributed by atoms with van der Waals surface area (Å²) in [4.78, 5) is 27.1.